The molecule has 3 aromatic rings. The Bertz CT molecular complexity index is 996. The Morgan fingerprint density at radius 1 is 1.18 bits per heavy atom. The third-order valence-corrected chi connectivity index (χ3v) is 5.15. The van der Waals surface area contributed by atoms with Crippen LogP contribution in [0.25, 0.3) is 22.4 Å². The molecule has 0 unspecified atom stereocenters. The third-order valence-electron chi connectivity index (χ3n) is 4.90. The molecule has 5 nitrogen and oxygen atoms in total. The van der Waals surface area contributed by atoms with E-state index >= 15 is 0 Å². The SMILES string of the molecule is CC(C)(C)[C@H](N)Cn1nc(-c2cccc(C#N)c2)c(-c2ccncc2)c1CCl. The zero-order valence-electron chi connectivity index (χ0n) is 16.4. The molecule has 0 aliphatic carbocycles. The summed E-state index contributed by atoms with van der Waals surface area (Å²) in [4.78, 5) is 4.12. The highest BCUT2D eigenvalue weighted by molar-refractivity contribution is 6.17. The molecule has 1 aromatic carbocycles. The largest absolute Gasteiger partial charge is 0.326 e. The van der Waals surface area contributed by atoms with E-state index in [2.05, 4.69) is 31.8 Å². The van der Waals surface area contributed by atoms with Crippen molar-refractivity contribution in [2.45, 2.75) is 39.2 Å². The summed E-state index contributed by atoms with van der Waals surface area (Å²) in [7, 11) is 0. The van der Waals surface area contributed by atoms with Gasteiger partial charge in [0.25, 0.3) is 0 Å². The maximum absolute atomic E-state index is 9.29. The van der Waals surface area contributed by atoms with E-state index in [1.54, 1.807) is 18.5 Å². The van der Waals surface area contributed by atoms with Gasteiger partial charge >= 0.3 is 0 Å². The summed E-state index contributed by atoms with van der Waals surface area (Å²) in [6, 6.07) is 13.4. The van der Waals surface area contributed by atoms with E-state index in [9.17, 15) is 5.26 Å². The summed E-state index contributed by atoms with van der Waals surface area (Å²) >= 11 is 6.37. The Morgan fingerprint density at radius 3 is 2.50 bits per heavy atom. The van der Waals surface area contributed by atoms with Crippen LogP contribution in [0.2, 0.25) is 0 Å². The zero-order chi connectivity index (χ0) is 20.3. The molecular weight excluding hydrogens is 370 g/mol. The molecule has 2 heterocycles. The molecule has 6 heteroatoms. The van der Waals surface area contributed by atoms with Gasteiger partial charge in [-0.2, -0.15) is 10.4 Å². The van der Waals surface area contributed by atoms with Crippen LogP contribution in [0.5, 0.6) is 0 Å². The van der Waals surface area contributed by atoms with Gasteiger partial charge in [0.1, 0.15) is 5.69 Å². The second-order valence-electron chi connectivity index (χ2n) is 7.89. The monoisotopic (exact) mass is 393 g/mol. The fraction of sp³-hybridized carbons (Fsp3) is 0.318. The maximum Gasteiger partial charge on any atom is 0.100 e. The van der Waals surface area contributed by atoms with Crippen LogP contribution < -0.4 is 5.73 Å². The Hall–Kier alpha value is -2.68. The van der Waals surface area contributed by atoms with Crippen molar-refractivity contribution in [2.75, 3.05) is 0 Å². The molecule has 0 saturated heterocycles. The molecule has 1 atom stereocenters. The molecule has 3 rings (SSSR count). The zero-order valence-corrected chi connectivity index (χ0v) is 17.1. The highest BCUT2D eigenvalue weighted by atomic mass is 35.5. The van der Waals surface area contributed by atoms with Crippen molar-refractivity contribution < 1.29 is 0 Å². The van der Waals surface area contributed by atoms with Crippen molar-refractivity contribution in [2.24, 2.45) is 11.1 Å². The summed E-state index contributed by atoms with van der Waals surface area (Å²) < 4.78 is 1.91. The van der Waals surface area contributed by atoms with Gasteiger partial charge in [-0.15, -0.1) is 11.6 Å². The summed E-state index contributed by atoms with van der Waals surface area (Å²) in [6.07, 6.45) is 3.50. The molecule has 0 fully saturated rings. The molecule has 2 aromatic heterocycles. The molecule has 144 valence electrons. The minimum atomic E-state index is -0.0852. The molecule has 0 amide bonds. The van der Waals surface area contributed by atoms with Crippen LogP contribution >= 0.6 is 11.6 Å². The van der Waals surface area contributed by atoms with Gasteiger partial charge in [0, 0.05) is 29.6 Å². The summed E-state index contributed by atoms with van der Waals surface area (Å²) in [5.41, 5.74) is 11.5. The van der Waals surface area contributed by atoms with Gasteiger partial charge in [-0.1, -0.05) is 32.9 Å². The quantitative estimate of drug-likeness (QED) is 0.642. The van der Waals surface area contributed by atoms with Gasteiger partial charge in [-0.3, -0.25) is 9.67 Å². The van der Waals surface area contributed by atoms with E-state index in [-0.39, 0.29) is 11.5 Å². The van der Waals surface area contributed by atoms with Crippen molar-refractivity contribution in [3.05, 3.63) is 60.0 Å². The second-order valence-corrected chi connectivity index (χ2v) is 8.15. The number of nitrogens with zero attached hydrogens (tertiary/aromatic N) is 4. The maximum atomic E-state index is 9.29. The van der Waals surface area contributed by atoms with Crippen molar-refractivity contribution in [3.63, 3.8) is 0 Å². The number of nitrogens with two attached hydrogens (primary N) is 1. The van der Waals surface area contributed by atoms with Crippen LogP contribution in [0.4, 0.5) is 0 Å². The van der Waals surface area contributed by atoms with E-state index < -0.39 is 0 Å². The van der Waals surface area contributed by atoms with Crippen molar-refractivity contribution in [1.82, 2.24) is 14.8 Å². The minimum Gasteiger partial charge on any atom is -0.326 e. The minimum absolute atomic E-state index is 0.0623. The van der Waals surface area contributed by atoms with Gasteiger partial charge < -0.3 is 5.73 Å². The molecule has 0 spiro atoms. The Kier molecular flexibility index (Phi) is 5.83. The first-order chi connectivity index (χ1) is 13.3. The first kappa shape index (κ1) is 20.1. The van der Waals surface area contributed by atoms with E-state index in [1.807, 2.05) is 35.0 Å². The van der Waals surface area contributed by atoms with Crippen LogP contribution in [0.15, 0.2) is 48.8 Å². The number of pyridine rings is 1. The highest BCUT2D eigenvalue weighted by Gasteiger charge is 2.25. The number of halogens is 1. The molecule has 0 bridgehead atoms. The molecule has 0 radical (unpaired) electrons. The second kappa shape index (κ2) is 8.14. The summed E-state index contributed by atoms with van der Waals surface area (Å²) in [5, 5.41) is 14.2. The first-order valence-corrected chi connectivity index (χ1v) is 9.70. The number of hydrogen-bond acceptors (Lipinski definition) is 4. The smallest absolute Gasteiger partial charge is 0.100 e. The van der Waals surface area contributed by atoms with Gasteiger partial charge in [-0.05, 0) is 35.2 Å². The topological polar surface area (TPSA) is 80.5 Å². The molecule has 2 N–H and O–H groups in total. The van der Waals surface area contributed by atoms with E-state index in [0.717, 1.165) is 28.1 Å². The molecule has 0 aliphatic heterocycles. The molecule has 0 saturated carbocycles. The van der Waals surface area contributed by atoms with Crippen LogP contribution in [0, 0.1) is 16.7 Å². The number of aromatic nitrogens is 3. The normalized spacial score (nSPS) is 12.6. The molecule has 0 aliphatic rings. The summed E-state index contributed by atoms with van der Waals surface area (Å²) in [6.45, 7) is 6.90. The fourth-order valence-corrected chi connectivity index (χ4v) is 3.28. The number of rotatable bonds is 5. The van der Waals surface area contributed by atoms with Crippen LogP contribution in [-0.4, -0.2) is 20.8 Å². The number of benzene rings is 1. The lowest BCUT2D eigenvalue weighted by Crippen LogP contribution is -2.39. The van der Waals surface area contributed by atoms with Gasteiger partial charge in [0.2, 0.25) is 0 Å². The average molecular weight is 394 g/mol. The van der Waals surface area contributed by atoms with E-state index in [0.29, 0.717) is 18.0 Å². The van der Waals surface area contributed by atoms with Crippen LogP contribution in [0.1, 0.15) is 32.0 Å². The third kappa shape index (κ3) is 4.09. The lowest BCUT2D eigenvalue weighted by molar-refractivity contribution is 0.282. The average Bonchev–Trinajstić information content (AvgIpc) is 3.06. The first-order valence-electron chi connectivity index (χ1n) is 9.17. The standard InChI is InChI=1S/C22H24ClN5/c1-22(2,3)19(25)14-28-18(12-23)20(16-7-9-26-10-8-16)21(27-28)17-6-4-5-15(11-17)13-24/h4-11,19H,12,14,25H2,1-3H3/t19-/m1/s1. The summed E-state index contributed by atoms with van der Waals surface area (Å²) in [5.74, 6) is 0.305. The lowest BCUT2D eigenvalue weighted by Gasteiger charge is -2.27. The Labute approximate surface area is 170 Å². The Balaban J connectivity index is 2.21. The highest BCUT2D eigenvalue weighted by Crippen LogP contribution is 2.36. The van der Waals surface area contributed by atoms with E-state index in [4.69, 9.17) is 22.4 Å². The van der Waals surface area contributed by atoms with Gasteiger partial charge in [-0.25, -0.2) is 0 Å². The number of nitriles is 1. The molecular formula is C22H24ClN5. The number of hydrogen-bond donors (Lipinski definition) is 1. The Morgan fingerprint density at radius 2 is 1.89 bits per heavy atom. The van der Waals surface area contributed by atoms with Gasteiger partial charge in [0.15, 0.2) is 0 Å². The molecule has 28 heavy (non-hydrogen) atoms. The van der Waals surface area contributed by atoms with Gasteiger partial charge in [0.05, 0.1) is 29.8 Å². The van der Waals surface area contributed by atoms with Crippen molar-refractivity contribution in [3.8, 4) is 28.5 Å². The van der Waals surface area contributed by atoms with Crippen molar-refractivity contribution >= 4 is 11.6 Å². The fourth-order valence-electron chi connectivity index (χ4n) is 3.00. The van der Waals surface area contributed by atoms with E-state index in [1.165, 1.54) is 0 Å². The predicted molar refractivity (Wildman–Crippen MR) is 113 cm³/mol. The lowest BCUT2D eigenvalue weighted by atomic mass is 9.87. The van der Waals surface area contributed by atoms with Crippen LogP contribution in [-0.2, 0) is 12.4 Å². The number of alkyl halides is 1. The predicted octanol–water partition coefficient (Wildman–Crippen LogP) is 4.60. The van der Waals surface area contributed by atoms with Crippen LogP contribution in [0.3, 0.4) is 0 Å². The van der Waals surface area contributed by atoms with Crippen molar-refractivity contribution in [1.29, 1.82) is 5.26 Å².